The molecule has 1 heterocycles. The molecule has 3 aromatic rings. The average Bonchev–Trinajstić information content (AvgIpc) is 3.10. The molecule has 0 saturated carbocycles. The Balaban J connectivity index is 1.92. The van der Waals surface area contributed by atoms with Gasteiger partial charge in [-0.25, -0.2) is 4.98 Å². The van der Waals surface area contributed by atoms with Gasteiger partial charge in [0.15, 0.2) is 0 Å². The van der Waals surface area contributed by atoms with E-state index >= 15 is 0 Å². The molecule has 1 aliphatic carbocycles. The van der Waals surface area contributed by atoms with Crippen molar-refractivity contribution in [3.05, 3.63) is 89.0 Å². The van der Waals surface area contributed by atoms with Crippen molar-refractivity contribution in [2.24, 2.45) is 0 Å². The van der Waals surface area contributed by atoms with E-state index in [1.807, 2.05) is 12.5 Å². The van der Waals surface area contributed by atoms with E-state index < -0.39 is 0 Å². The van der Waals surface area contributed by atoms with Crippen LogP contribution in [0.4, 0.5) is 0 Å². The highest BCUT2D eigenvalue weighted by Gasteiger charge is 2.38. The second-order valence-corrected chi connectivity index (χ2v) is 7.13. The molecule has 4 rings (SSSR count). The minimum Gasteiger partial charge on any atom is -0.336 e. The van der Waals surface area contributed by atoms with Crippen LogP contribution in [-0.2, 0) is 18.4 Å². The molecule has 0 bridgehead atoms. The maximum absolute atomic E-state index is 4.26. The fourth-order valence-electron chi connectivity index (χ4n) is 4.21. The van der Waals surface area contributed by atoms with Crippen LogP contribution in [0.15, 0.2) is 61.2 Å². The Bertz CT molecular complexity index is 848. The van der Waals surface area contributed by atoms with E-state index in [4.69, 9.17) is 0 Å². The monoisotopic (exact) mass is 316 g/mol. The van der Waals surface area contributed by atoms with E-state index in [9.17, 15) is 0 Å². The lowest BCUT2D eigenvalue weighted by atomic mass is 9.65. The molecule has 0 aliphatic heterocycles. The molecule has 0 fully saturated rings. The van der Waals surface area contributed by atoms with Gasteiger partial charge < -0.3 is 4.57 Å². The SMILES string of the molecule is Cc1ccc(C2(Cn3ccnc3)CCCc3ccccc32)cc1C. The molecule has 2 heteroatoms. The summed E-state index contributed by atoms with van der Waals surface area (Å²) < 4.78 is 2.23. The van der Waals surface area contributed by atoms with Gasteiger partial charge in [0.05, 0.1) is 6.33 Å². The first kappa shape index (κ1) is 15.2. The molecule has 1 aromatic heterocycles. The molecule has 0 amide bonds. The summed E-state index contributed by atoms with van der Waals surface area (Å²) in [5.74, 6) is 0. The second-order valence-electron chi connectivity index (χ2n) is 7.13. The summed E-state index contributed by atoms with van der Waals surface area (Å²) in [4.78, 5) is 4.26. The largest absolute Gasteiger partial charge is 0.336 e. The topological polar surface area (TPSA) is 17.8 Å². The van der Waals surface area contributed by atoms with Gasteiger partial charge in [0.2, 0.25) is 0 Å². The molecule has 1 unspecified atom stereocenters. The number of rotatable bonds is 3. The molecule has 0 saturated heterocycles. The smallest absolute Gasteiger partial charge is 0.0946 e. The lowest BCUT2D eigenvalue weighted by molar-refractivity contribution is 0.369. The van der Waals surface area contributed by atoms with Gasteiger partial charge in [-0.1, -0.05) is 42.5 Å². The fourth-order valence-corrected chi connectivity index (χ4v) is 4.21. The van der Waals surface area contributed by atoms with Crippen LogP contribution in [0.3, 0.4) is 0 Å². The predicted octanol–water partition coefficient (Wildman–Crippen LogP) is 4.82. The van der Waals surface area contributed by atoms with Crippen LogP contribution >= 0.6 is 0 Å². The Kier molecular flexibility index (Phi) is 3.76. The minimum atomic E-state index is 0.0357. The van der Waals surface area contributed by atoms with E-state index in [-0.39, 0.29) is 5.41 Å². The van der Waals surface area contributed by atoms with E-state index in [0.29, 0.717) is 0 Å². The summed E-state index contributed by atoms with van der Waals surface area (Å²) in [6.45, 7) is 5.36. The quantitative estimate of drug-likeness (QED) is 0.677. The zero-order valence-electron chi connectivity index (χ0n) is 14.5. The summed E-state index contributed by atoms with van der Waals surface area (Å²) in [6.07, 6.45) is 9.51. The molecule has 122 valence electrons. The number of hydrogen-bond donors (Lipinski definition) is 0. The summed E-state index contributed by atoms with van der Waals surface area (Å²) in [5, 5.41) is 0. The molecule has 0 spiro atoms. The van der Waals surface area contributed by atoms with Crippen molar-refractivity contribution in [3.8, 4) is 0 Å². The summed E-state index contributed by atoms with van der Waals surface area (Å²) in [6, 6.07) is 16.0. The van der Waals surface area contributed by atoms with Gasteiger partial charge in [0.25, 0.3) is 0 Å². The number of hydrogen-bond acceptors (Lipinski definition) is 1. The maximum Gasteiger partial charge on any atom is 0.0946 e. The first-order valence-electron chi connectivity index (χ1n) is 8.81. The van der Waals surface area contributed by atoms with Crippen molar-refractivity contribution in [1.82, 2.24) is 9.55 Å². The number of aromatic nitrogens is 2. The molecular formula is C22H24N2. The number of benzene rings is 2. The first-order chi connectivity index (χ1) is 11.7. The van der Waals surface area contributed by atoms with Crippen molar-refractivity contribution in [3.63, 3.8) is 0 Å². The zero-order chi connectivity index (χ0) is 16.6. The van der Waals surface area contributed by atoms with Crippen LogP contribution in [0.1, 0.15) is 40.7 Å². The van der Waals surface area contributed by atoms with Crippen LogP contribution in [0.5, 0.6) is 0 Å². The van der Waals surface area contributed by atoms with Gasteiger partial charge in [-0.2, -0.15) is 0 Å². The summed E-state index contributed by atoms with van der Waals surface area (Å²) in [7, 11) is 0. The minimum absolute atomic E-state index is 0.0357. The molecule has 1 atom stereocenters. The molecule has 1 aliphatic rings. The van der Waals surface area contributed by atoms with Crippen molar-refractivity contribution in [2.45, 2.75) is 45.1 Å². The van der Waals surface area contributed by atoms with Crippen molar-refractivity contribution < 1.29 is 0 Å². The van der Waals surface area contributed by atoms with Crippen LogP contribution in [0, 0.1) is 13.8 Å². The Morgan fingerprint density at radius 2 is 1.96 bits per heavy atom. The molecule has 24 heavy (non-hydrogen) atoms. The molecular weight excluding hydrogens is 292 g/mol. The molecule has 2 aromatic carbocycles. The molecule has 2 nitrogen and oxygen atoms in total. The third-order valence-corrected chi connectivity index (χ3v) is 5.65. The van der Waals surface area contributed by atoms with Crippen molar-refractivity contribution in [2.75, 3.05) is 0 Å². The van der Waals surface area contributed by atoms with Crippen LogP contribution in [0.25, 0.3) is 0 Å². The number of fused-ring (bicyclic) bond motifs is 1. The highest BCUT2D eigenvalue weighted by atomic mass is 15.0. The van der Waals surface area contributed by atoms with Crippen molar-refractivity contribution in [1.29, 1.82) is 0 Å². The number of imidazole rings is 1. The van der Waals surface area contributed by atoms with E-state index in [1.54, 1.807) is 0 Å². The van der Waals surface area contributed by atoms with Gasteiger partial charge >= 0.3 is 0 Å². The lowest BCUT2D eigenvalue weighted by Crippen LogP contribution is -2.36. The summed E-state index contributed by atoms with van der Waals surface area (Å²) in [5.41, 5.74) is 7.21. The van der Waals surface area contributed by atoms with Gasteiger partial charge in [-0.05, 0) is 60.9 Å². The molecule has 0 N–H and O–H groups in total. The standard InChI is InChI=1S/C22H24N2/c1-17-9-10-20(14-18(17)2)22(15-24-13-12-23-16-24)11-5-7-19-6-3-4-8-21(19)22/h3-4,6,8-10,12-14,16H,5,7,11,15H2,1-2H3. The predicted molar refractivity (Wildman–Crippen MR) is 98.3 cm³/mol. The second kappa shape index (κ2) is 5.94. The first-order valence-corrected chi connectivity index (χ1v) is 8.81. The summed E-state index contributed by atoms with van der Waals surface area (Å²) >= 11 is 0. The Labute approximate surface area is 144 Å². The van der Waals surface area contributed by atoms with Gasteiger partial charge in [-0.15, -0.1) is 0 Å². The lowest BCUT2D eigenvalue weighted by Gasteiger charge is -2.40. The van der Waals surface area contributed by atoms with E-state index in [0.717, 1.165) is 6.54 Å². The third-order valence-electron chi connectivity index (χ3n) is 5.65. The number of aryl methyl sites for hydroxylation is 3. The molecule has 0 radical (unpaired) electrons. The Morgan fingerprint density at radius 3 is 2.75 bits per heavy atom. The van der Waals surface area contributed by atoms with Crippen molar-refractivity contribution >= 4 is 0 Å². The van der Waals surface area contributed by atoms with Gasteiger partial charge in [0.1, 0.15) is 0 Å². The Morgan fingerprint density at radius 1 is 1.08 bits per heavy atom. The van der Waals surface area contributed by atoms with Gasteiger partial charge in [-0.3, -0.25) is 0 Å². The highest BCUT2D eigenvalue weighted by Crippen LogP contribution is 2.44. The highest BCUT2D eigenvalue weighted by molar-refractivity contribution is 5.47. The third kappa shape index (κ3) is 2.47. The zero-order valence-corrected chi connectivity index (χ0v) is 14.5. The van der Waals surface area contributed by atoms with Crippen LogP contribution in [-0.4, -0.2) is 9.55 Å². The average molecular weight is 316 g/mol. The normalized spacial score (nSPS) is 19.9. The van der Waals surface area contributed by atoms with E-state index in [1.165, 1.54) is 47.1 Å². The van der Waals surface area contributed by atoms with Crippen LogP contribution < -0.4 is 0 Å². The van der Waals surface area contributed by atoms with Crippen LogP contribution in [0.2, 0.25) is 0 Å². The maximum atomic E-state index is 4.26. The van der Waals surface area contributed by atoms with Gasteiger partial charge in [0, 0.05) is 24.4 Å². The fraction of sp³-hybridized carbons (Fsp3) is 0.318. The number of nitrogens with zero attached hydrogens (tertiary/aromatic N) is 2. The Hall–Kier alpha value is -2.35. The van der Waals surface area contributed by atoms with E-state index in [2.05, 4.69) is 72.1 Å².